The number of fused-ring (bicyclic) bond motifs is 1. The van der Waals surface area contributed by atoms with Gasteiger partial charge in [0.15, 0.2) is 0 Å². The largest absolute Gasteiger partial charge is 0.359 e. The highest BCUT2D eigenvalue weighted by atomic mass is 32.1. The standard InChI is InChI=1S/C15H18N4OS/c1-10-7-16-11(2)15(18-10)17-8-14(20)19-5-3-13-12(9-19)4-6-21-13/h4,6-7H,3,5,8-9H2,1-2H3,(H,17,18). The van der Waals surface area contributed by atoms with Crippen molar-refractivity contribution in [3.05, 3.63) is 39.5 Å². The predicted molar refractivity (Wildman–Crippen MR) is 83.4 cm³/mol. The lowest BCUT2D eigenvalue weighted by atomic mass is 10.1. The molecule has 3 rings (SSSR count). The maximum Gasteiger partial charge on any atom is 0.242 e. The molecule has 0 fully saturated rings. The summed E-state index contributed by atoms with van der Waals surface area (Å²) in [4.78, 5) is 24.2. The van der Waals surface area contributed by atoms with Crippen molar-refractivity contribution in [1.29, 1.82) is 0 Å². The number of carbonyl (C=O) groups excluding carboxylic acids is 1. The molecule has 0 spiro atoms. The van der Waals surface area contributed by atoms with Gasteiger partial charge in [0.05, 0.1) is 17.9 Å². The number of nitrogens with one attached hydrogen (secondary N) is 1. The van der Waals surface area contributed by atoms with Crippen molar-refractivity contribution in [3.63, 3.8) is 0 Å². The lowest BCUT2D eigenvalue weighted by molar-refractivity contribution is -0.130. The summed E-state index contributed by atoms with van der Waals surface area (Å²) in [6, 6.07) is 2.11. The molecule has 1 N–H and O–H groups in total. The fourth-order valence-electron chi connectivity index (χ4n) is 2.44. The molecule has 1 aliphatic rings. The molecule has 0 atom stereocenters. The van der Waals surface area contributed by atoms with Crippen LogP contribution in [0.4, 0.5) is 5.82 Å². The summed E-state index contributed by atoms with van der Waals surface area (Å²) in [6.07, 6.45) is 2.69. The van der Waals surface area contributed by atoms with Gasteiger partial charge in [-0.3, -0.25) is 9.78 Å². The Morgan fingerprint density at radius 1 is 1.48 bits per heavy atom. The zero-order valence-electron chi connectivity index (χ0n) is 12.2. The molecular weight excluding hydrogens is 284 g/mol. The number of aryl methyl sites for hydroxylation is 2. The summed E-state index contributed by atoms with van der Waals surface area (Å²) in [6.45, 7) is 5.56. The molecule has 0 saturated carbocycles. The van der Waals surface area contributed by atoms with Gasteiger partial charge in [-0.25, -0.2) is 4.98 Å². The van der Waals surface area contributed by atoms with Gasteiger partial charge >= 0.3 is 0 Å². The average Bonchev–Trinajstić information content (AvgIpc) is 2.95. The Morgan fingerprint density at radius 3 is 3.19 bits per heavy atom. The second kappa shape index (κ2) is 5.81. The van der Waals surface area contributed by atoms with Crippen LogP contribution in [0.3, 0.4) is 0 Å². The summed E-state index contributed by atoms with van der Waals surface area (Å²) in [5.41, 5.74) is 2.94. The van der Waals surface area contributed by atoms with Gasteiger partial charge in [-0.05, 0) is 37.3 Å². The quantitative estimate of drug-likeness (QED) is 0.944. The molecule has 0 aromatic carbocycles. The summed E-state index contributed by atoms with van der Waals surface area (Å²) in [5.74, 6) is 0.797. The average molecular weight is 302 g/mol. The highest BCUT2D eigenvalue weighted by Gasteiger charge is 2.21. The van der Waals surface area contributed by atoms with E-state index in [1.54, 1.807) is 17.5 Å². The normalized spacial score (nSPS) is 13.9. The van der Waals surface area contributed by atoms with Gasteiger partial charge in [0.2, 0.25) is 5.91 Å². The van der Waals surface area contributed by atoms with Gasteiger partial charge in [-0.2, -0.15) is 0 Å². The van der Waals surface area contributed by atoms with Crippen LogP contribution in [0.1, 0.15) is 21.8 Å². The van der Waals surface area contributed by atoms with Gasteiger partial charge in [0, 0.05) is 24.2 Å². The number of anilines is 1. The number of carbonyl (C=O) groups is 1. The minimum atomic E-state index is 0.106. The first kappa shape index (κ1) is 14.0. The van der Waals surface area contributed by atoms with Crippen LogP contribution in [0.2, 0.25) is 0 Å². The Bertz CT molecular complexity index is 667. The molecule has 110 valence electrons. The fraction of sp³-hybridized carbons (Fsp3) is 0.400. The van der Waals surface area contributed by atoms with Crippen LogP contribution in [0.25, 0.3) is 0 Å². The van der Waals surface area contributed by atoms with E-state index in [4.69, 9.17) is 0 Å². The van der Waals surface area contributed by atoms with Gasteiger partial charge in [-0.1, -0.05) is 0 Å². The monoisotopic (exact) mass is 302 g/mol. The number of hydrogen-bond donors (Lipinski definition) is 1. The maximum absolute atomic E-state index is 12.3. The SMILES string of the molecule is Cc1cnc(C)c(NCC(=O)N2CCc3sccc3C2)n1. The van der Waals surface area contributed by atoms with Crippen molar-refractivity contribution in [2.45, 2.75) is 26.8 Å². The van der Waals surface area contributed by atoms with E-state index in [2.05, 4.69) is 26.7 Å². The Hall–Kier alpha value is -1.95. The van der Waals surface area contributed by atoms with Crippen LogP contribution in [-0.2, 0) is 17.8 Å². The zero-order valence-corrected chi connectivity index (χ0v) is 13.0. The van der Waals surface area contributed by atoms with Crippen molar-refractivity contribution in [3.8, 4) is 0 Å². The third kappa shape index (κ3) is 3.05. The highest BCUT2D eigenvalue weighted by molar-refractivity contribution is 7.10. The minimum absolute atomic E-state index is 0.106. The van der Waals surface area contributed by atoms with Gasteiger partial charge in [0.1, 0.15) is 5.82 Å². The van der Waals surface area contributed by atoms with E-state index in [1.807, 2.05) is 18.7 Å². The van der Waals surface area contributed by atoms with E-state index in [0.29, 0.717) is 5.82 Å². The van der Waals surface area contributed by atoms with Crippen LogP contribution in [-0.4, -0.2) is 33.9 Å². The van der Waals surface area contributed by atoms with Crippen molar-refractivity contribution < 1.29 is 4.79 Å². The minimum Gasteiger partial charge on any atom is -0.359 e. The highest BCUT2D eigenvalue weighted by Crippen LogP contribution is 2.24. The zero-order chi connectivity index (χ0) is 14.8. The maximum atomic E-state index is 12.3. The first-order chi connectivity index (χ1) is 10.1. The predicted octanol–water partition coefficient (Wildman–Crippen LogP) is 2.15. The van der Waals surface area contributed by atoms with Crippen molar-refractivity contribution in [2.75, 3.05) is 18.4 Å². The van der Waals surface area contributed by atoms with Gasteiger partial charge in [-0.15, -0.1) is 11.3 Å². The molecular formula is C15H18N4OS. The second-order valence-corrected chi connectivity index (χ2v) is 6.23. The molecule has 0 radical (unpaired) electrons. The summed E-state index contributed by atoms with van der Waals surface area (Å²) < 4.78 is 0. The number of hydrogen-bond acceptors (Lipinski definition) is 5. The van der Waals surface area contributed by atoms with Gasteiger partial charge < -0.3 is 10.2 Å². The van der Waals surface area contributed by atoms with E-state index in [-0.39, 0.29) is 12.5 Å². The van der Waals surface area contributed by atoms with Crippen LogP contribution in [0.5, 0.6) is 0 Å². The molecule has 0 bridgehead atoms. The molecule has 21 heavy (non-hydrogen) atoms. The first-order valence-electron chi connectivity index (χ1n) is 7.00. The van der Waals surface area contributed by atoms with E-state index in [0.717, 1.165) is 30.9 Å². The Balaban J connectivity index is 1.61. The number of amides is 1. The van der Waals surface area contributed by atoms with Gasteiger partial charge in [0.25, 0.3) is 0 Å². The lowest BCUT2D eigenvalue weighted by Crippen LogP contribution is -2.39. The lowest BCUT2D eigenvalue weighted by Gasteiger charge is -2.27. The molecule has 0 aliphatic carbocycles. The Kier molecular flexibility index (Phi) is 3.88. The van der Waals surface area contributed by atoms with Crippen LogP contribution in [0, 0.1) is 13.8 Å². The first-order valence-corrected chi connectivity index (χ1v) is 7.88. The van der Waals surface area contributed by atoms with Crippen LogP contribution in [0.15, 0.2) is 17.6 Å². The Morgan fingerprint density at radius 2 is 2.33 bits per heavy atom. The smallest absolute Gasteiger partial charge is 0.242 e. The number of aromatic nitrogens is 2. The molecule has 0 unspecified atom stereocenters. The number of rotatable bonds is 3. The summed E-state index contributed by atoms with van der Waals surface area (Å²) in [7, 11) is 0. The number of nitrogens with zero attached hydrogens (tertiary/aromatic N) is 3. The van der Waals surface area contributed by atoms with Crippen molar-refractivity contribution >= 4 is 23.1 Å². The molecule has 1 amide bonds. The van der Waals surface area contributed by atoms with E-state index in [9.17, 15) is 4.79 Å². The third-order valence-corrected chi connectivity index (χ3v) is 4.67. The molecule has 1 aliphatic heterocycles. The molecule has 2 aromatic rings. The van der Waals surface area contributed by atoms with Crippen LogP contribution < -0.4 is 5.32 Å². The molecule has 3 heterocycles. The molecule has 6 heteroatoms. The molecule has 5 nitrogen and oxygen atoms in total. The van der Waals surface area contributed by atoms with Crippen LogP contribution >= 0.6 is 11.3 Å². The van der Waals surface area contributed by atoms with Crippen molar-refractivity contribution in [1.82, 2.24) is 14.9 Å². The van der Waals surface area contributed by atoms with Crippen molar-refractivity contribution in [2.24, 2.45) is 0 Å². The molecule has 2 aromatic heterocycles. The fourth-order valence-corrected chi connectivity index (χ4v) is 3.33. The Labute approximate surface area is 128 Å². The number of thiophene rings is 1. The second-order valence-electron chi connectivity index (χ2n) is 5.23. The summed E-state index contributed by atoms with van der Waals surface area (Å²) in [5, 5.41) is 5.21. The van der Waals surface area contributed by atoms with E-state index in [1.165, 1.54) is 10.4 Å². The third-order valence-electron chi connectivity index (χ3n) is 3.64. The van der Waals surface area contributed by atoms with E-state index >= 15 is 0 Å². The summed E-state index contributed by atoms with van der Waals surface area (Å²) >= 11 is 1.78. The van der Waals surface area contributed by atoms with E-state index < -0.39 is 0 Å². The topological polar surface area (TPSA) is 58.1 Å². The molecule has 0 saturated heterocycles.